The van der Waals surface area contributed by atoms with Crippen molar-refractivity contribution in [1.82, 2.24) is 10.6 Å². The Morgan fingerprint density at radius 1 is 1.40 bits per heavy atom. The topological polar surface area (TPSA) is 50.4 Å². The van der Waals surface area contributed by atoms with E-state index in [2.05, 4.69) is 31.3 Å². The molecule has 0 aliphatic rings. The van der Waals surface area contributed by atoms with Gasteiger partial charge in [0.25, 0.3) is 0 Å². The van der Waals surface area contributed by atoms with Crippen molar-refractivity contribution in [2.24, 2.45) is 0 Å². The highest BCUT2D eigenvalue weighted by Gasteiger charge is 2.10. The highest BCUT2D eigenvalue weighted by Crippen LogP contribution is 2.24. The Hall–Kier alpha value is -1.21. The van der Waals surface area contributed by atoms with Crippen LogP contribution in [0.2, 0.25) is 0 Å². The van der Waals surface area contributed by atoms with E-state index in [1.807, 2.05) is 13.8 Å². The number of carbonyl (C=O) groups is 1. The van der Waals surface area contributed by atoms with Crippen molar-refractivity contribution in [2.45, 2.75) is 33.0 Å². The van der Waals surface area contributed by atoms with Crippen LogP contribution >= 0.6 is 15.9 Å². The van der Waals surface area contributed by atoms with Crippen molar-refractivity contribution < 1.29 is 18.3 Å². The van der Waals surface area contributed by atoms with Crippen molar-refractivity contribution in [3.63, 3.8) is 0 Å². The Kier molecular flexibility index (Phi) is 6.87. The number of benzene rings is 1. The molecular weight excluding hydrogens is 334 g/mol. The van der Waals surface area contributed by atoms with E-state index in [0.717, 1.165) is 4.47 Å². The van der Waals surface area contributed by atoms with Gasteiger partial charge >= 0.3 is 6.61 Å². The lowest BCUT2D eigenvalue weighted by atomic mass is 10.2. The van der Waals surface area contributed by atoms with Gasteiger partial charge in [0.15, 0.2) is 0 Å². The predicted molar refractivity (Wildman–Crippen MR) is 75.8 cm³/mol. The number of nitrogens with one attached hydrogen (secondary N) is 2. The van der Waals surface area contributed by atoms with Crippen molar-refractivity contribution in [3.05, 3.63) is 28.2 Å². The first-order valence-electron chi connectivity index (χ1n) is 6.11. The predicted octanol–water partition coefficient (Wildman–Crippen LogP) is 2.66. The van der Waals surface area contributed by atoms with Gasteiger partial charge in [-0.15, -0.1) is 0 Å². The summed E-state index contributed by atoms with van der Waals surface area (Å²) in [7, 11) is 0. The minimum absolute atomic E-state index is 0.0629. The van der Waals surface area contributed by atoms with Crippen LogP contribution in [0.1, 0.15) is 19.4 Å². The molecule has 20 heavy (non-hydrogen) atoms. The zero-order chi connectivity index (χ0) is 15.1. The molecule has 0 spiro atoms. The summed E-state index contributed by atoms with van der Waals surface area (Å²) in [5, 5.41) is 5.62. The van der Waals surface area contributed by atoms with E-state index < -0.39 is 6.61 Å². The zero-order valence-electron chi connectivity index (χ0n) is 11.3. The van der Waals surface area contributed by atoms with Crippen LogP contribution in [0.4, 0.5) is 8.78 Å². The van der Waals surface area contributed by atoms with Crippen LogP contribution in [-0.4, -0.2) is 25.1 Å². The highest BCUT2D eigenvalue weighted by molar-refractivity contribution is 9.10. The third-order valence-corrected chi connectivity index (χ3v) is 2.78. The number of rotatable bonds is 7. The Bertz CT molecular complexity index is 456. The molecule has 0 aliphatic heterocycles. The van der Waals surface area contributed by atoms with E-state index in [9.17, 15) is 13.6 Å². The van der Waals surface area contributed by atoms with Crippen molar-refractivity contribution in [1.29, 1.82) is 0 Å². The Balaban J connectivity index is 2.57. The number of amides is 1. The summed E-state index contributed by atoms with van der Waals surface area (Å²) < 4.78 is 29.7. The van der Waals surface area contributed by atoms with E-state index in [0.29, 0.717) is 5.56 Å². The molecule has 0 heterocycles. The molecular formula is C13H17BrF2N2O2. The largest absolute Gasteiger partial charge is 0.434 e. The second-order valence-corrected chi connectivity index (χ2v) is 5.37. The van der Waals surface area contributed by atoms with E-state index >= 15 is 0 Å². The van der Waals surface area contributed by atoms with Gasteiger partial charge in [-0.1, -0.05) is 15.9 Å². The summed E-state index contributed by atoms with van der Waals surface area (Å²) in [6, 6.07) is 4.81. The summed E-state index contributed by atoms with van der Waals surface area (Å²) in [4.78, 5) is 11.4. The van der Waals surface area contributed by atoms with Crippen molar-refractivity contribution in [2.75, 3.05) is 6.54 Å². The molecule has 1 aromatic carbocycles. The SMILES string of the molecule is CC(C)NC(=O)CNCc1cc(Br)ccc1OC(F)F. The van der Waals surface area contributed by atoms with Gasteiger partial charge in [0.1, 0.15) is 5.75 Å². The molecule has 1 aromatic rings. The standard InChI is InChI=1S/C13H17BrF2N2O2/c1-8(2)18-12(19)7-17-6-9-5-10(14)3-4-11(9)20-13(15)16/h3-5,8,13,17H,6-7H2,1-2H3,(H,18,19). The van der Waals surface area contributed by atoms with Crippen LogP contribution in [0.3, 0.4) is 0 Å². The minimum atomic E-state index is -2.88. The summed E-state index contributed by atoms with van der Waals surface area (Å²) in [5.41, 5.74) is 0.553. The Labute approximate surface area is 125 Å². The van der Waals surface area contributed by atoms with Crippen LogP contribution < -0.4 is 15.4 Å². The number of halogens is 3. The lowest BCUT2D eigenvalue weighted by molar-refractivity contribution is -0.120. The van der Waals surface area contributed by atoms with Gasteiger partial charge in [-0.3, -0.25) is 4.79 Å². The lowest BCUT2D eigenvalue weighted by Crippen LogP contribution is -2.37. The average molecular weight is 351 g/mol. The molecule has 112 valence electrons. The highest BCUT2D eigenvalue weighted by atomic mass is 79.9. The molecule has 1 amide bonds. The van der Waals surface area contributed by atoms with Gasteiger partial charge < -0.3 is 15.4 Å². The molecule has 7 heteroatoms. The summed E-state index contributed by atoms with van der Waals surface area (Å²) >= 11 is 3.27. The van der Waals surface area contributed by atoms with Gasteiger partial charge in [-0.25, -0.2) is 0 Å². The second-order valence-electron chi connectivity index (χ2n) is 4.46. The van der Waals surface area contributed by atoms with E-state index in [4.69, 9.17) is 0 Å². The second kappa shape index (κ2) is 8.16. The summed E-state index contributed by atoms with van der Waals surface area (Å²) in [6.45, 7) is 1.21. The van der Waals surface area contributed by atoms with Gasteiger partial charge in [0, 0.05) is 22.6 Å². The Morgan fingerprint density at radius 3 is 2.70 bits per heavy atom. The quantitative estimate of drug-likeness (QED) is 0.794. The van der Waals surface area contributed by atoms with E-state index in [1.54, 1.807) is 12.1 Å². The molecule has 1 rings (SSSR count). The molecule has 2 N–H and O–H groups in total. The number of ether oxygens (including phenoxy) is 1. The third-order valence-electron chi connectivity index (χ3n) is 2.29. The third kappa shape index (κ3) is 6.29. The maximum absolute atomic E-state index is 12.3. The minimum Gasteiger partial charge on any atom is -0.434 e. The van der Waals surface area contributed by atoms with Crippen molar-refractivity contribution >= 4 is 21.8 Å². The molecule has 0 radical (unpaired) electrons. The molecule has 0 unspecified atom stereocenters. The summed E-state index contributed by atoms with van der Waals surface area (Å²) in [5.74, 6) is -0.0497. The first-order valence-corrected chi connectivity index (χ1v) is 6.91. The maximum atomic E-state index is 12.3. The smallest absolute Gasteiger partial charge is 0.387 e. The average Bonchev–Trinajstić information content (AvgIpc) is 2.31. The molecule has 0 saturated heterocycles. The number of alkyl halides is 2. The van der Waals surface area contributed by atoms with Crippen LogP contribution in [0.5, 0.6) is 5.75 Å². The summed E-state index contributed by atoms with van der Waals surface area (Å²) in [6.07, 6.45) is 0. The first kappa shape index (κ1) is 16.8. The molecule has 0 aliphatic carbocycles. The van der Waals surface area contributed by atoms with Gasteiger partial charge in [0.05, 0.1) is 6.54 Å². The number of hydrogen-bond acceptors (Lipinski definition) is 3. The molecule has 0 aromatic heterocycles. The molecule has 0 saturated carbocycles. The lowest BCUT2D eigenvalue weighted by Gasteiger charge is -2.13. The van der Waals surface area contributed by atoms with Crippen LogP contribution in [0.15, 0.2) is 22.7 Å². The van der Waals surface area contributed by atoms with Crippen LogP contribution in [0, 0.1) is 0 Å². The first-order chi connectivity index (χ1) is 9.38. The zero-order valence-corrected chi connectivity index (χ0v) is 12.8. The van der Waals surface area contributed by atoms with E-state index in [-0.39, 0.29) is 30.8 Å². The Morgan fingerprint density at radius 2 is 2.10 bits per heavy atom. The molecule has 0 atom stereocenters. The van der Waals surface area contributed by atoms with Gasteiger partial charge in [-0.05, 0) is 32.0 Å². The molecule has 0 bridgehead atoms. The number of carbonyl (C=O) groups excluding carboxylic acids is 1. The monoisotopic (exact) mass is 350 g/mol. The van der Waals surface area contributed by atoms with Crippen molar-refractivity contribution in [3.8, 4) is 5.75 Å². The van der Waals surface area contributed by atoms with Gasteiger partial charge in [0.2, 0.25) is 5.91 Å². The normalized spacial score (nSPS) is 10.9. The fraction of sp³-hybridized carbons (Fsp3) is 0.462. The molecule has 4 nitrogen and oxygen atoms in total. The van der Waals surface area contributed by atoms with Gasteiger partial charge in [-0.2, -0.15) is 8.78 Å². The fourth-order valence-corrected chi connectivity index (χ4v) is 1.99. The van der Waals surface area contributed by atoms with E-state index in [1.165, 1.54) is 6.07 Å². The number of hydrogen-bond donors (Lipinski definition) is 2. The molecule has 0 fully saturated rings. The fourth-order valence-electron chi connectivity index (χ4n) is 1.58. The van der Waals surface area contributed by atoms with Crippen LogP contribution in [-0.2, 0) is 11.3 Å². The maximum Gasteiger partial charge on any atom is 0.387 e. The van der Waals surface area contributed by atoms with Crippen LogP contribution in [0.25, 0.3) is 0 Å².